The van der Waals surface area contributed by atoms with Gasteiger partial charge in [0.2, 0.25) is 11.8 Å². The van der Waals surface area contributed by atoms with Crippen molar-refractivity contribution in [1.29, 1.82) is 0 Å². The second kappa shape index (κ2) is 10.6. The van der Waals surface area contributed by atoms with Crippen molar-refractivity contribution in [3.05, 3.63) is 0 Å². The summed E-state index contributed by atoms with van der Waals surface area (Å²) in [7, 11) is 0. The molecule has 8 nitrogen and oxygen atoms in total. The number of amides is 3. The van der Waals surface area contributed by atoms with E-state index >= 15 is 0 Å². The molecule has 36 heavy (non-hydrogen) atoms. The summed E-state index contributed by atoms with van der Waals surface area (Å²) in [6.07, 6.45) is 5.79. The molecular formula is C28H50N4O4. The Bertz CT molecular complexity index is 828. The largest absolute Gasteiger partial charge is 0.381 e. The van der Waals surface area contributed by atoms with E-state index in [-0.39, 0.29) is 34.6 Å². The second-order valence-electron chi connectivity index (χ2n) is 13.6. The molecule has 2 aliphatic carbocycles. The van der Waals surface area contributed by atoms with Crippen molar-refractivity contribution >= 4 is 17.7 Å². The number of nitrogens with two attached hydrogens (primary N) is 1. The van der Waals surface area contributed by atoms with E-state index < -0.39 is 35.6 Å². The number of nitrogens with one attached hydrogen (secondary N) is 2. The lowest BCUT2D eigenvalue weighted by atomic mass is 9.51. The van der Waals surface area contributed by atoms with E-state index in [0.29, 0.717) is 25.8 Å². The van der Waals surface area contributed by atoms with Crippen molar-refractivity contribution in [2.75, 3.05) is 6.54 Å². The Kier molecular flexibility index (Phi) is 8.51. The van der Waals surface area contributed by atoms with Gasteiger partial charge in [-0.3, -0.25) is 14.4 Å². The molecule has 8 heteroatoms. The molecule has 206 valence electrons. The standard InChI is InChI=1S/C28H50N4O4/c1-8-10-19(21(33)24(35)30-18-11-12-18)31-23(34)20-15-17(27(5,6)28(7)13-9-14-28)16-32(20)25(36)22(29)26(2,3)4/h17-22,33H,8-16,29H2,1-7H3,(H,30,35)(H,31,34)/t17?,19?,20-,21?,22+/m0/s1. The number of aliphatic hydroxyl groups is 1. The van der Waals surface area contributed by atoms with Crippen molar-refractivity contribution in [2.45, 2.75) is 130 Å². The highest BCUT2D eigenvalue weighted by Gasteiger charge is 2.54. The topological polar surface area (TPSA) is 125 Å². The van der Waals surface area contributed by atoms with Gasteiger partial charge in [0.25, 0.3) is 5.91 Å². The molecule has 0 bridgehead atoms. The molecule has 0 aromatic carbocycles. The molecule has 3 fully saturated rings. The smallest absolute Gasteiger partial charge is 0.251 e. The molecule has 5 N–H and O–H groups in total. The zero-order valence-corrected chi connectivity index (χ0v) is 23.5. The normalized spacial score (nSPS) is 26.5. The van der Waals surface area contributed by atoms with Crippen molar-refractivity contribution in [2.24, 2.45) is 27.9 Å². The van der Waals surface area contributed by atoms with Gasteiger partial charge in [0.1, 0.15) is 6.04 Å². The van der Waals surface area contributed by atoms with E-state index in [1.807, 2.05) is 27.7 Å². The predicted molar refractivity (Wildman–Crippen MR) is 141 cm³/mol. The van der Waals surface area contributed by atoms with Gasteiger partial charge >= 0.3 is 0 Å². The van der Waals surface area contributed by atoms with Crippen LogP contribution < -0.4 is 16.4 Å². The lowest BCUT2D eigenvalue weighted by molar-refractivity contribution is -0.142. The Morgan fingerprint density at radius 3 is 2.22 bits per heavy atom. The van der Waals surface area contributed by atoms with Crippen LogP contribution in [0.5, 0.6) is 0 Å². The van der Waals surface area contributed by atoms with Crippen LogP contribution in [0.25, 0.3) is 0 Å². The van der Waals surface area contributed by atoms with E-state index in [2.05, 4.69) is 31.4 Å². The van der Waals surface area contributed by atoms with Crippen LogP contribution in [0.3, 0.4) is 0 Å². The van der Waals surface area contributed by atoms with Gasteiger partial charge in [0.05, 0.1) is 12.1 Å². The van der Waals surface area contributed by atoms with Gasteiger partial charge in [-0.2, -0.15) is 0 Å². The Hall–Kier alpha value is -1.67. The van der Waals surface area contributed by atoms with Crippen LogP contribution in [0, 0.1) is 22.2 Å². The quantitative estimate of drug-likeness (QED) is 0.363. The number of carbonyl (C=O) groups is 3. The molecule has 1 aliphatic heterocycles. The molecule has 0 aromatic rings. The van der Waals surface area contributed by atoms with Crippen LogP contribution in [0.4, 0.5) is 0 Å². The first-order chi connectivity index (χ1) is 16.6. The molecule has 0 spiro atoms. The zero-order valence-electron chi connectivity index (χ0n) is 23.5. The third kappa shape index (κ3) is 5.90. The van der Waals surface area contributed by atoms with Crippen molar-refractivity contribution in [3.8, 4) is 0 Å². The van der Waals surface area contributed by atoms with Gasteiger partial charge in [-0.25, -0.2) is 0 Å². The fraction of sp³-hybridized carbons (Fsp3) is 0.893. The SMILES string of the molecule is CCCC(NC(=O)[C@@H]1CC(C(C)(C)C2(C)CCC2)CN1C(=O)[C@@H](N)C(C)(C)C)C(O)C(=O)NC1CC1. The minimum Gasteiger partial charge on any atom is -0.381 e. The summed E-state index contributed by atoms with van der Waals surface area (Å²) in [6, 6.07) is -1.97. The molecule has 3 unspecified atom stereocenters. The van der Waals surface area contributed by atoms with Crippen molar-refractivity contribution in [3.63, 3.8) is 0 Å². The number of carbonyl (C=O) groups excluding carboxylic acids is 3. The molecule has 3 amide bonds. The Morgan fingerprint density at radius 2 is 1.75 bits per heavy atom. The van der Waals surface area contributed by atoms with Crippen molar-refractivity contribution < 1.29 is 19.5 Å². The maximum Gasteiger partial charge on any atom is 0.251 e. The van der Waals surface area contributed by atoms with Crippen LogP contribution in [0.2, 0.25) is 0 Å². The third-order valence-electron chi connectivity index (χ3n) is 9.62. The Morgan fingerprint density at radius 1 is 1.14 bits per heavy atom. The summed E-state index contributed by atoms with van der Waals surface area (Å²) in [5.74, 6) is -0.804. The fourth-order valence-corrected chi connectivity index (χ4v) is 5.84. The fourth-order valence-electron chi connectivity index (χ4n) is 5.84. The minimum absolute atomic E-state index is 0.0445. The summed E-state index contributed by atoms with van der Waals surface area (Å²) in [6.45, 7) is 15.1. The molecule has 1 saturated heterocycles. The number of hydrogen-bond donors (Lipinski definition) is 4. The van der Waals surface area contributed by atoms with Gasteiger partial charge in [-0.1, -0.05) is 61.3 Å². The highest BCUT2D eigenvalue weighted by atomic mass is 16.3. The number of aliphatic hydroxyl groups excluding tert-OH is 1. The second-order valence-corrected chi connectivity index (χ2v) is 13.6. The first-order valence-electron chi connectivity index (χ1n) is 14.0. The highest BCUT2D eigenvalue weighted by molar-refractivity contribution is 5.91. The molecular weight excluding hydrogens is 456 g/mol. The Balaban J connectivity index is 1.81. The highest BCUT2D eigenvalue weighted by Crippen LogP contribution is 2.58. The van der Waals surface area contributed by atoms with E-state index in [0.717, 1.165) is 25.7 Å². The molecule has 3 rings (SSSR count). The van der Waals surface area contributed by atoms with Gasteiger partial charge in [0.15, 0.2) is 6.10 Å². The van der Waals surface area contributed by atoms with Crippen LogP contribution >= 0.6 is 0 Å². The number of nitrogens with zero attached hydrogens (tertiary/aromatic N) is 1. The summed E-state index contributed by atoms with van der Waals surface area (Å²) >= 11 is 0. The number of likely N-dealkylation sites (tertiary alicyclic amines) is 1. The first kappa shape index (κ1) is 28.9. The van der Waals surface area contributed by atoms with Crippen LogP contribution in [0.1, 0.15) is 99.8 Å². The van der Waals surface area contributed by atoms with Gasteiger partial charge in [-0.05, 0) is 60.7 Å². The average Bonchev–Trinajstić information content (AvgIpc) is 3.47. The lowest BCUT2D eigenvalue weighted by Gasteiger charge is -2.54. The summed E-state index contributed by atoms with van der Waals surface area (Å²) < 4.78 is 0. The summed E-state index contributed by atoms with van der Waals surface area (Å²) in [5.41, 5.74) is 6.09. The maximum absolute atomic E-state index is 13.7. The van der Waals surface area contributed by atoms with E-state index in [1.165, 1.54) is 6.42 Å². The minimum atomic E-state index is -1.32. The van der Waals surface area contributed by atoms with E-state index in [9.17, 15) is 19.5 Å². The summed E-state index contributed by atoms with van der Waals surface area (Å²) in [5, 5.41) is 16.5. The average molecular weight is 507 g/mol. The summed E-state index contributed by atoms with van der Waals surface area (Å²) in [4.78, 5) is 41.5. The molecule has 0 aromatic heterocycles. The molecule has 5 atom stereocenters. The maximum atomic E-state index is 13.7. The zero-order chi connectivity index (χ0) is 27.1. The lowest BCUT2D eigenvalue weighted by Crippen LogP contribution is -2.58. The number of rotatable bonds is 10. The first-order valence-corrected chi connectivity index (χ1v) is 14.0. The van der Waals surface area contributed by atoms with Crippen LogP contribution in [-0.4, -0.2) is 64.5 Å². The van der Waals surface area contributed by atoms with Crippen LogP contribution in [0.15, 0.2) is 0 Å². The molecule has 0 radical (unpaired) electrons. The van der Waals surface area contributed by atoms with E-state index in [1.54, 1.807) is 4.90 Å². The van der Waals surface area contributed by atoms with Crippen LogP contribution in [-0.2, 0) is 14.4 Å². The number of hydrogen-bond acceptors (Lipinski definition) is 5. The third-order valence-corrected chi connectivity index (χ3v) is 9.62. The molecule has 1 heterocycles. The monoisotopic (exact) mass is 506 g/mol. The predicted octanol–water partition coefficient (Wildman–Crippen LogP) is 2.72. The molecule has 3 aliphatic rings. The molecule has 2 saturated carbocycles. The van der Waals surface area contributed by atoms with Gasteiger partial charge in [0, 0.05) is 12.6 Å². The van der Waals surface area contributed by atoms with E-state index in [4.69, 9.17) is 5.73 Å². The van der Waals surface area contributed by atoms with Gasteiger partial charge < -0.3 is 26.4 Å². The van der Waals surface area contributed by atoms with Crippen molar-refractivity contribution in [1.82, 2.24) is 15.5 Å². The van der Waals surface area contributed by atoms with Gasteiger partial charge in [-0.15, -0.1) is 0 Å². The Labute approximate surface area is 217 Å².